The van der Waals surface area contributed by atoms with Gasteiger partial charge in [0.25, 0.3) is 0 Å². The molecule has 2 saturated heterocycles. The molecule has 2 heterocycles. The van der Waals surface area contributed by atoms with Crippen LogP contribution in [0.3, 0.4) is 0 Å². The second kappa shape index (κ2) is 6.17. The lowest BCUT2D eigenvalue weighted by Gasteiger charge is -2.34. The lowest BCUT2D eigenvalue weighted by Crippen LogP contribution is -2.42. The minimum atomic E-state index is 0.310. The number of hydrogen-bond acceptors (Lipinski definition) is 3. The van der Waals surface area contributed by atoms with Crippen LogP contribution in [0.5, 0.6) is 0 Å². The Morgan fingerprint density at radius 2 is 2.18 bits per heavy atom. The zero-order valence-electron chi connectivity index (χ0n) is 11.3. The summed E-state index contributed by atoms with van der Waals surface area (Å²) in [6.45, 7) is 8.52. The summed E-state index contributed by atoms with van der Waals surface area (Å²) in [6, 6.07) is 0. The van der Waals surface area contributed by atoms with Gasteiger partial charge in [0, 0.05) is 25.2 Å². The Balaban J connectivity index is 1.91. The average Bonchev–Trinajstić information content (AvgIpc) is 2.92. The van der Waals surface area contributed by atoms with Crippen molar-refractivity contribution >= 4 is 0 Å². The molecule has 3 atom stereocenters. The van der Waals surface area contributed by atoms with E-state index >= 15 is 0 Å². The molecule has 2 rings (SSSR count). The van der Waals surface area contributed by atoms with Crippen LogP contribution >= 0.6 is 0 Å². The number of rotatable bonds is 6. The number of nitrogens with one attached hydrogen (secondary N) is 1. The van der Waals surface area contributed by atoms with Gasteiger partial charge in [-0.1, -0.05) is 6.92 Å². The predicted octanol–water partition coefficient (Wildman–Crippen LogP) is 2.35. The molecule has 3 nitrogen and oxygen atoms in total. The molecule has 17 heavy (non-hydrogen) atoms. The molecule has 0 amide bonds. The van der Waals surface area contributed by atoms with Crippen molar-refractivity contribution < 1.29 is 9.47 Å². The monoisotopic (exact) mass is 241 g/mol. The highest BCUT2D eigenvalue weighted by Gasteiger charge is 2.43. The normalized spacial score (nSPS) is 37.8. The molecule has 2 aliphatic rings. The third kappa shape index (κ3) is 3.21. The molecule has 0 saturated carbocycles. The van der Waals surface area contributed by atoms with Crippen molar-refractivity contribution in [2.24, 2.45) is 5.41 Å². The van der Waals surface area contributed by atoms with Crippen molar-refractivity contribution in [3.63, 3.8) is 0 Å². The van der Waals surface area contributed by atoms with E-state index in [4.69, 9.17) is 9.47 Å². The molecule has 0 aromatic heterocycles. The highest BCUT2D eigenvalue weighted by Crippen LogP contribution is 2.40. The van der Waals surface area contributed by atoms with E-state index in [1.807, 2.05) is 0 Å². The quantitative estimate of drug-likeness (QED) is 0.724. The maximum absolute atomic E-state index is 5.81. The van der Waals surface area contributed by atoms with Crippen molar-refractivity contribution in [2.75, 3.05) is 26.3 Å². The van der Waals surface area contributed by atoms with Crippen LogP contribution < -0.4 is 5.32 Å². The fraction of sp³-hybridized carbons (Fsp3) is 1.00. The zero-order valence-corrected chi connectivity index (χ0v) is 11.3. The largest absolute Gasteiger partial charge is 0.378 e. The molecule has 0 radical (unpaired) electrons. The summed E-state index contributed by atoms with van der Waals surface area (Å²) < 4.78 is 11.6. The Kier molecular flexibility index (Phi) is 4.83. The summed E-state index contributed by atoms with van der Waals surface area (Å²) in [4.78, 5) is 0. The van der Waals surface area contributed by atoms with E-state index in [1.165, 1.54) is 32.1 Å². The molecular formula is C14H27NO2. The molecular weight excluding hydrogens is 214 g/mol. The second-order valence-corrected chi connectivity index (χ2v) is 5.64. The molecule has 1 N–H and O–H groups in total. The average molecular weight is 241 g/mol. The van der Waals surface area contributed by atoms with Gasteiger partial charge in [-0.25, -0.2) is 0 Å². The highest BCUT2D eigenvalue weighted by molar-refractivity contribution is 4.94. The summed E-state index contributed by atoms with van der Waals surface area (Å²) in [5.74, 6) is 0. The predicted molar refractivity (Wildman–Crippen MR) is 69.2 cm³/mol. The lowest BCUT2D eigenvalue weighted by atomic mass is 9.76. The van der Waals surface area contributed by atoms with Gasteiger partial charge in [-0.2, -0.15) is 0 Å². The minimum absolute atomic E-state index is 0.310. The van der Waals surface area contributed by atoms with Gasteiger partial charge in [0.05, 0.1) is 12.2 Å². The van der Waals surface area contributed by atoms with E-state index in [9.17, 15) is 0 Å². The first kappa shape index (κ1) is 13.3. The zero-order chi connectivity index (χ0) is 12.1. The van der Waals surface area contributed by atoms with Gasteiger partial charge >= 0.3 is 0 Å². The lowest BCUT2D eigenvalue weighted by molar-refractivity contribution is 0.0150. The second-order valence-electron chi connectivity index (χ2n) is 5.64. The van der Waals surface area contributed by atoms with Gasteiger partial charge in [0.2, 0.25) is 0 Å². The molecule has 0 bridgehead atoms. The van der Waals surface area contributed by atoms with Crippen LogP contribution in [0.15, 0.2) is 0 Å². The van der Waals surface area contributed by atoms with Crippen LogP contribution in [-0.4, -0.2) is 38.5 Å². The van der Waals surface area contributed by atoms with Crippen LogP contribution in [0, 0.1) is 5.41 Å². The minimum Gasteiger partial charge on any atom is -0.378 e. The third-order valence-corrected chi connectivity index (χ3v) is 4.39. The Labute approximate surface area is 105 Å². The van der Waals surface area contributed by atoms with E-state index in [2.05, 4.69) is 19.2 Å². The van der Waals surface area contributed by atoms with Crippen LogP contribution in [0.1, 0.15) is 46.0 Å². The summed E-state index contributed by atoms with van der Waals surface area (Å²) >= 11 is 0. The fourth-order valence-electron chi connectivity index (χ4n) is 3.16. The number of hydrogen-bond donors (Lipinski definition) is 1. The van der Waals surface area contributed by atoms with Crippen LogP contribution in [0.4, 0.5) is 0 Å². The first-order valence-corrected chi connectivity index (χ1v) is 7.21. The fourth-order valence-corrected chi connectivity index (χ4v) is 3.16. The van der Waals surface area contributed by atoms with Gasteiger partial charge in [-0.3, -0.25) is 0 Å². The van der Waals surface area contributed by atoms with Crippen molar-refractivity contribution in [1.29, 1.82) is 0 Å². The molecule has 2 fully saturated rings. The first-order chi connectivity index (χ1) is 8.27. The summed E-state index contributed by atoms with van der Waals surface area (Å²) in [5, 5.41) is 3.59. The molecule has 0 aliphatic carbocycles. The Bertz CT molecular complexity index is 228. The molecule has 0 aromatic carbocycles. The Morgan fingerprint density at radius 1 is 1.29 bits per heavy atom. The molecule has 0 aromatic rings. The Hall–Kier alpha value is -0.120. The van der Waals surface area contributed by atoms with Crippen molar-refractivity contribution in [1.82, 2.24) is 5.32 Å². The maximum atomic E-state index is 5.81. The molecule has 3 unspecified atom stereocenters. The van der Waals surface area contributed by atoms with Crippen LogP contribution in [0.2, 0.25) is 0 Å². The molecule has 0 spiro atoms. The maximum Gasteiger partial charge on any atom is 0.0617 e. The summed E-state index contributed by atoms with van der Waals surface area (Å²) in [7, 11) is 0. The van der Waals surface area contributed by atoms with Crippen molar-refractivity contribution in [3.05, 3.63) is 0 Å². The van der Waals surface area contributed by atoms with E-state index in [0.29, 0.717) is 17.6 Å². The van der Waals surface area contributed by atoms with Crippen molar-refractivity contribution in [3.8, 4) is 0 Å². The van der Waals surface area contributed by atoms with Crippen LogP contribution in [-0.2, 0) is 9.47 Å². The van der Waals surface area contributed by atoms with Crippen LogP contribution in [0.25, 0.3) is 0 Å². The van der Waals surface area contributed by atoms with Gasteiger partial charge in [-0.05, 0) is 45.6 Å². The summed E-state index contributed by atoms with van der Waals surface area (Å²) in [5.41, 5.74) is 0.310. The molecule has 100 valence electrons. The van der Waals surface area contributed by atoms with E-state index in [-0.39, 0.29) is 0 Å². The van der Waals surface area contributed by atoms with E-state index in [1.54, 1.807) is 0 Å². The molecule has 2 aliphatic heterocycles. The van der Waals surface area contributed by atoms with Gasteiger partial charge < -0.3 is 14.8 Å². The van der Waals surface area contributed by atoms with Crippen molar-refractivity contribution in [2.45, 2.75) is 58.2 Å². The molecule has 3 heteroatoms. The first-order valence-electron chi connectivity index (χ1n) is 7.21. The van der Waals surface area contributed by atoms with Gasteiger partial charge in [0.15, 0.2) is 0 Å². The summed E-state index contributed by atoms with van der Waals surface area (Å²) in [6.07, 6.45) is 6.88. The van der Waals surface area contributed by atoms with E-state index < -0.39 is 0 Å². The highest BCUT2D eigenvalue weighted by atomic mass is 16.5. The Morgan fingerprint density at radius 3 is 2.76 bits per heavy atom. The van der Waals surface area contributed by atoms with Gasteiger partial charge in [-0.15, -0.1) is 0 Å². The standard InChI is InChI=1S/C14H27NO2/c1-3-7-15-11-14(6-9-16-12(14)2)10-13-5-4-8-17-13/h12-13,15H,3-11H2,1-2H3. The third-order valence-electron chi connectivity index (χ3n) is 4.39. The smallest absolute Gasteiger partial charge is 0.0617 e. The number of ether oxygens (including phenoxy) is 2. The van der Waals surface area contributed by atoms with Gasteiger partial charge in [0.1, 0.15) is 0 Å². The topological polar surface area (TPSA) is 30.5 Å². The van der Waals surface area contributed by atoms with E-state index in [0.717, 1.165) is 26.3 Å². The SMILES string of the molecule is CCCNCC1(CC2CCCO2)CCOC1C.